The first-order chi connectivity index (χ1) is 15.0. The Morgan fingerprint density at radius 3 is 2.47 bits per heavy atom. The van der Waals surface area contributed by atoms with Gasteiger partial charge in [-0.3, -0.25) is 15.0 Å². The maximum atomic E-state index is 12.7. The molecule has 2 aromatic rings. The van der Waals surface area contributed by atoms with E-state index in [1.807, 2.05) is 11.0 Å². The van der Waals surface area contributed by atoms with Crippen LogP contribution in [0.25, 0.3) is 0 Å². The van der Waals surface area contributed by atoms with Crippen molar-refractivity contribution < 1.29 is 24.2 Å². The molecule has 2 aliphatic rings. The summed E-state index contributed by atoms with van der Waals surface area (Å²) in [5.74, 6) is -0.00775. The van der Waals surface area contributed by atoms with Crippen LogP contribution >= 0.6 is 12.4 Å². The molecule has 0 aliphatic carbocycles. The molecule has 2 heterocycles. The average molecular weight is 460 g/mol. The molecule has 1 amide bonds. The number of fused-ring (bicyclic) bond motifs is 1. The normalized spacial score (nSPS) is 17.4. The van der Waals surface area contributed by atoms with E-state index in [0.717, 1.165) is 16.9 Å². The second kappa shape index (κ2) is 10.5. The molecule has 1 fully saturated rings. The van der Waals surface area contributed by atoms with Crippen molar-refractivity contribution in [3.05, 3.63) is 59.2 Å². The second-order valence-electron chi connectivity index (χ2n) is 7.78. The Balaban J connectivity index is 0.00000289. The van der Waals surface area contributed by atoms with E-state index in [4.69, 9.17) is 20.0 Å². The molecule has 2 aromatic carbocycles. The number of nitrogens with one attached hydrogen (secondary N) is 2. The first-order valence-electron chi connectivity index (χ1n) is 10.3. The maximum Gasteiger partial charge on any atom is 0.303 e. The first kappa shape index (κ1) is 23.6. The van der Waals surface area contributed by atoms with Crippen LogP contribution in [0.2, 0.25) is 0 Å². The summed E-state index contributed by atoms with van der Waals surface area (Å²) >= 11 is 0. The molecule has 0 radical (unpaired) electrons. The Kier molecular flexibility index (Phi) is 7.71. The molecular formula is C23H26ClN3O5. The van der Waals surface area contributed by atoms with Crippen LogP contribution in [-0.4, -0.2) is 60.6 Å². The van der Waals surface area contributed by atoms with Gasteiger partial charge in [0.2, 0.25) is 0 Å². The molecule has 1 unspecified atom stereocenters. The van der Waals surface area contributed by atoms with Crippen LogP contribution in [-0.2, 0) is 16.0 Å². The van der Waals surface area contributed by atoms with Gasteiger partial charge in [-0.25, -0.2) is 0 Å². The number of ether oxygens (including phenoxy) is 2. The van der Waals surface area contributed by atoms with E-state index in [9.17, 15) is 9.59 Å². The molecule has 9 heteroatoms. The number of carboxylic acid groups (broad SMARTS) is 1. The lowest BCUT2D eigenvalue weighted by Crippen LogP contribution is -2.40. The molecule has 8 nitrogen and oxygen atoms in total. The number of carbonyl (C=O) groups excluding carboxylic acids is 1. The number of rotatable bonds is 5. The largest absolute Gasteiger partial charge is 0.493 e. The number of benzene rings is 2. The molecule has 0 spiro atoms. The molecule has 32 heavy (non-hydrogen) atoms. The zero-order valence-electron chi connectivity index (χ0n) is 17.5. The van der Waals surface area contributed by atoms with E-state index in [-0.39, 0.29) is 30.7 Å². The lowest BCUT2D eigenvalue weighted by atomic mass is 9.94. The summed E-state index contributed by atoms with van der Waals surface area (Å²) in [4.78, 5) is 25.6. The zero-order chi connectivity index (χ0) is 21.8. The third kappa shape index (κ3) is 5.57. The number of anilines is 1. The highest BCUT2D eigenvalue weighted by molar-refractivity contribution is 6.05. The summed E-state index contributed by atoms with van der Waals surface area (Å²) in [6.07, 6.45) is 0.658. The van der Waals surface area contributed by atoms with E-state index in [1.54, 1.807) is 36.4 Å². The topological polar surface area (TPSA) is 112 Å². The molecule has 0 saturated carbocycles. The van der Waals surface area contributed by atoms with Gasteiger partial charge >= 0.3 is 5.97 Å². The highest BCUT2D eigenvalue weighted by atomic mass is 35.5. The van der Waals surface area contributed by atoms with Crippen LogP contribution < -0.4 is 10.1 Å². The fourth-order valence-corrected chi connectivity index (χ4v) is 3.87. The van der Waals surface area contributed by atoms with Crippen LogP contribution in [0.3, 0.4) is 0 Å². The van der Waals surface area contributed by atoms with Crippen molar-refractivity contribution >= 4 is 35.8 Å². The number of aliphatic carboxylic acids is 1. The van der Waals surface area contributed by atoms with Gasteiger partial charge in [0.25, 0.3) is 5.91 Å². The molecule has 2 aliphatic heterocycles. The average Bonchev–Trinajstić information content (AvgIpc) is 2.78. The minimum absolute atomic E-state index is 0. The van der Waals surface area contributed by atoms with Crippen molar-refractivity contribution in [3.63, 3.8) is 0 Å². The van der Waals surface area contributed by atoms with Gasteiger partial charge in [-0.15, -0.1) is 12.4 Å². The Labute approximate surface area is 192 Å². The predicted molar refractivity (Wildman–Crippen MR) is 122 cm³/mol. The summed E-state index contributed by atoms with van der Waals surface area (Å²) in [7, 11) is 0. The van der Waals surface area contributed by atoms with Gasteiger partial charge in [-0.1, -0.05) is 12.1 Å². The molecule has 1 atom stereocenters. The van der Waals surface area contributed by atoms with E-state index in [2.05, 4.69) is 5.32 Å². The molecule has 4 rings (SSSR count). The second-order valence-corrected chi connectivity index (χ2v) is 7.78. The molecule has 1 saturated heterocycles. The van der Waals surface area contributed by atoms with E-state index in [0.29, 0.717) is 56.4 Å². The first-order valence-corrected chi connectivity index (χ1v) is 10.3. The number of nitrogens with zero attached hydrogens (tertiary/aromatic N) is 1. The lowest BCUT2D eigenvalue weighted by Gasteiger charge is -2.29. The van der Waals surface area contributed by atoms with Crippen LogP contribution in [0.15, 0.2) is 42.5 Å². The van der Waals surface area contributed by atoms with E-state index < -0.39 is 5.97 Å². The predicted octanol–water partition coefficient (Wildman–Crippen LogP) is 3.04. The summed E-state index contributed by atoms with van der Waals surface area (Å²) < 4.78 is 11.0. The summed E-state index contributed by atoms with van der Waals surface area (Å²) in [6, 6.07) is 12.4. The molecule has 0 aromatic heterocycles. The summed E-state index contributed by atoms with van der Waals surface area (Å²) in [6.45, 7) is 3.00. The van der Waals surface area contributed by atoms with E-state index in [1.165, 1.54) is 0 Å². The smallest absolute Gasteiger partial charge is 0.303 e. The fourth-order valence-electron chi connectivity index (χ4n) is 3.87. The maximum absolute atomic E-state index is 12.7. The Hall–Kier alpha value is -3.10. The van der Waals surface area contributed by atoms with Crippen molar-refractivity contribution in [1.82, 2.24) is 4.90 Å². The Morgan fingerprint density at radius 2 is 1.78 bits per heavy atom. The van der Waals surface area contributed by atoms with Gasteiger partial charge < -0.3 is 24.8 Å². The van der Waals surface area contributed by atoms with Crippen LogP contribution in [0.5, 0.6) is 5.75 Å². The zero-order valence-corrected chi connectivity index (χ0v) is 18.3. The van der Waals surface area contributed by atoms with Crippen molar-refractivity contribution in [3.8, 4) is 5.75 Å². The van der Waals surface area contributed by atoms with Gasteiger partial charge in [-0.2, -0.15) is 0 Å². The number of carboxylic acids is 1. The van der Waals surface area contributed by atoms with Crippen molar-refractivity contribution in [2.24, 2.45) is 5.92 Å². The number of morpholine rings is 1. The van der Waals surface area contributed by atoms with Crippen LogP contribution in [0.1, 0.15) is 27.9 Å². The van der Waals surface area contributed by atoms with Gasteiger partial charge in [-0.05, 0) is 42.3 Å². The monoisotopic (exact) mass is 459 g/mol. The fraction of sp³-hybridized carbons (Fsp3) is 0.348. The third-order valence-corrected chi connectivity index (χ3v) is 5.51. The molecule has 3 N–H and O–H groups in total. The number of amides is 1. The van der Waals surface area contributed by atoms with E-state index >= 15 is 0 Å². The number of amidine groups is 1. The molecular weight excluding hydrogens is 434 g/mol. The highest BCUT2D eigenvalue weighted by Gasteiger charge is 2.23. The summed E-state index contributed by atoms with van der Waals surface area (Å²) in [5.41, 5.74) is 2.78. The lowest BCUT2D eigenvalue weighted by molar-refractivity contribution is -0.138. The minimum atomic E-state index is -0.841. The minimum Gasteiger partial charge on any atom is -0.493 e. The van der Waals surface area contributed by atoms with Gasteiger partial charge in [0, 0.05) is 35.8 Å². The number of halogens is 1. The number of hydrogen-bond donors (Lipinski definition) is 3. The number of hydrogen-bond acceptors (Lipinski definition) is 5. The Bertz CT molecular complexity index is 990. The van der Waals surface area contributed by atoms with Gasteiger partial charge in [0.1, 0.15) is 11.6 Å². The van der Waals surface area contributed by atoms with Gasteiger partial charge in [0.05, 0.1) is 26.2 Å². The number of carbonyl (C=O) groups is 2. The van der Waals surface area contributed by atoms with Crippen molar-refractivity contribution in [1.29, 1.82) is 5.41 Å². The summed E-state index contributed by atoms with van der Waals surface area (Å²) in [5, 5.41) is 20.2. The van der Waals surface area contributed by atoms with Crippen molar-refractivity contribution in [2.45, 2.75) is 12.8 Å². The Morgan fingerprint density at radius 1 is 1.09 bits per heavy atom. The highest BCUT2D eigenvalue weighted by Crippen LogP contribution is 2.31. The molecule has 0 bridgehead atoms. The quantitative estimate of drug-likeness (QED) is 0.468. The van der Waals surface area contributed by atoms with Crippen LogP contribution in [0.4, 0.5) is 5.69 Å². The SMILES string of the molecule is Cl.N=C(c1ccc(C(=O)Nc2ccc3c(c2)CC(CC(=O)O)CO3)cc1)N1CCOCC1. The third-order valence-electron chi connectivity index (χ3n) is 5.51. The standard InChI is InChI=1S/C23H25N3O5.ClH/c24-22(26-7-9-30-10-8-26)16-1-3-17(4-2-16)23(29)25-19-5-6-20-18(13-19)11-15(14-31-20)12-21(27)28;/h1-6,13,15,24H,7-12,14H2,(H,25,29)(H,27,28);1H. The van der Waals surface area contributed by atoms with Crippen LogP contribution in [0, 0.1) is 11.3 Å². The molecule has 170 valence electrons. The van der Waals surface area contributed by atoms with Crippen molar-refractivity contribution in [2.75, 3.05) is 38.2 Å². The van der Waals surface area contributed by atoms with Gasteiger partial charge in [0.15, 0.2) is 0 Å².